The number of ether oxygens (including phenoxy) is 1. The molecule has 2 aliphatic heterocycles. The molecule has 0 aliphatic carbocycles. The van der Waals surface area contributed by atoms with Crippen LogP contribution in [-0.2, 0) is 9.53 Å². The van der Waals surface area contributed by atoms with Gasteiger partial charge in [-0.3, -0.25) is 9.59 Å². The van der Waals surface area contributed by atoms with Crippen molar-refractivity contribution in [1.82, 2.24) is 10.3 Å². The summed E-state index contributed by atoms with van der Waals surface area (Å²) in [6.07, 6.45) is 3.93. The summed E-state index contributed by atoms with van der Waals surface area (Å²) in [5.74, 6) is -0.297. The van der Waals surface area contributed by atoms with E-state index >= 15 is 0 Å². The lowest BCUT2D eigenvalue weighted by molar-refractivity contribution is -0.110. The zero-order valence-electron chi connectivity index (χ0n) is 14.6. The van der Waals surface area contributed by atoms with Crippen LogP contribution in [0.1, 0.15) is 40.2 Å². The Bertz CT molecular complexity index is 891. The number of amides is 2. The maximum Gasteiger partial charge on any atom is 0.267 e. The van der Waals surface area contributed by atoms with Crippen molar-refractivity contribution < 1.29 is 14.3 Å². The number of hydrogen-bond acceptors (Lipinski definition) is 3. The van der Waals surface area contributed by atoms with Crippen molar-refractivity contribution in [2.45, 2.75) is 25.9 Å². The maximum atomic E-state index is 12.4. The molecule has 26 heavy (non-hydrogen) atoms. The summed E-state index contributed by atoms with van der Waals surface area (Å²) in [6, 6.07) is 9.37. The van der Waals surface area contributed by atoms with E-state index in [-0.39, 0.29) is 17.9 Å². The summed E-state index contributed by atoms with van der Waals surface area (Å²) >= 11 is 0. The van der Waals surface area contributed by atoms with Crippen LogP contribution >= 0.6 is 0 Å². The maximum absolute atomic E-state index is 12.4. The number of hydrogen-bond donors (Lipinski definition) is 3. The van der Waals surface area contributed by atoms with Crippen LogP contribution in [-0.4, -0.2) is 36.1 Å². The summed E-state index contributed by atoms with van der Waals surface area (Å²) < 4.78 is 5.52. The van der Waals surface area contributed by atoms with Crippen LogP contribution < -0.4 is 10.6 Å². The minimum Gasteiger partial charge on any atom is -0.376 e. The Hall–Kier alpha value is -2.86. The summed E-state index contributed by atoms with van der Waals surface area (Å²) in [6.45, 7) is 3.20. The number of carbonyl (C=O) groups excluding carboxylic acids is 2. The predicted octanol–water partition coefficient (Wildman–Crippen LogP) is 2.72. The molecule has 1 unspecified atom stereocenters. The quantitative estimate of drug-likeness (QED) is 0.741. The van der Waals surface area contributed by atoms with E-state index in [4.69, 9.17) is 4.74 Å². The third-order valence-electron chi connectivity index (χ3n) is 4.81. The smallest absolute Gasteiger partial charge is 0.267 e. The first-order valence-electron chi connectivity index (χ1n) is 8.83. The van der Waals surface area contributed by atoms with Crippen LogP contribution in [0.25, 0.3) is 11.6 Å². The van der Waals surface area contributed by atoms with Gasteiger partial charge in [0.1, 0.15) is 5.69 Å². The van der Waals surface area contributed by atoms with E-state index in [9.17, 15) is 9.59 Å². The van der Waals surface area contributed by atoms with E-state index in [1.165, 1.54) is 0 Å². The summed E-state index contributed by atoms with van der Waals surface area (Å²) in [7, 11) is 0. The molecule has 1 atom stereocenters. The Labute approximate surface area is 151 Å². The highest BCUT2D eigenvalue weighted by atomic mass is 16.5. The third-order valence-corrected chi connectivity index (χ3v) is 4.81. The highest BCUT2D eigenvalue weighted by molar-refractivity contribution is 6.34. The van der Waals surface area contributed by atoms with Gasteiger partial charge in [-0.15, -0.1) is 0 Å². The fraction of sp³-hybridized carbons (Fsp3) is 0.300. The van der Waals surface area contributed by atoms with Gasteiger partial charge in [-0.1, -0.05) is 18.2 Å². The first kappa shape index (κ1) is 16.6. The topological polar surface area (TPSA) is 83.2 Å². The molecule has 2 aromatic rings. The van der Waals surface area contributed by atoms with Gasteiger partial charge in [0.15, 0.2) is 0 Å². The van der Waals surface area contributed by atoms with Crippen molar-refractivity contribution in [3.05, 3.63) is 52.8 Å². The molecule has 6 nitrogen and oxygen atoms in total. The number of anilines is 1. The Morgan fingerprint density at radius 2 is 2.23 bits per heavy atom. The molecule has 134 valence electrons. The number of aryl methyl sites for hydroxylation is 1. The minimum atomic E-state index is -0.162. The third kappa shape index (κ3) is 3.15. The molecule has 2 amide bonds. The molecule has 2 aliphatic rings. The average Bonchev–Trinajstić information content (AvgIpc) is 3.34. The van der Waals surface area contributed by atoms with Crippen molar-refractivity contribution in [3.63, 3.8) is 0 Å². The van der Waals surface area contributed by atoms with Crippen molar-refractivity contribution in [2.75, 3.05) is 18.5 Å². The molecule has 1 aromatic carbocycles. The summed E-state index contributed by atoms with van der Waals surface area (Å²) in [5, 5.41) is 5.76. The molecule has 3 heterocycles. The van der Waals surface area contributed by atoms with Crippen molar-refractivity contribution in [1.29, 1.82) is 0 Å². The fourth-order valence-corrected chi connectivity index (χ4v) is 3.38. The number of fused-ring (bicyclic) bond motifs is 1. The highest BCUT2D eigenvalue weighted by Crippen LogP contribution is 2.33. The van der Waals surface area contributed by atoms with E-state index in [1.807, 2.05) is 31.2 Å². The molecular weight excluding hydrogens is 330 g/mol. The van der Waals surface area contributed by atoms with E-state index in [2.05, 4.69) is 15.6 Å². The number of nitrogens with one attached hydrogen (secondary N) is 3. The highest BCUT2D eigenvalue weighted by Gasteiger charge is 2.24. The minimum absolute atomic E-state index is 0.107. The lowest BCUT2D eigenvalue weighted by Gasteiger charge is -2.09. The molecule has 0 radical (unpaired) electrons. The SMILES string of the molecule is Cc1cc(C(=O)NCC2CCCO2)[nH]c1/C=C1\C(=O)Nc2ccccc21. The van der Waals surface area contributed by atoms with Crippen LogP contribution in [0.4, 0.5) is 5.69 Å². The van der Waals surface area contributed by atoms with Crippen molar-refractivity contribution in [3.8, 4) is 0 Å². The van der Waals surface area contributed by atoms with Gasteiger partial charge in [0.25, 0.3) is 11.8 Å². The molecule has 1 saturated heterocycles. The van der Waals surface area contributed by atoms with Crippen LogP contribution in [0.3, 0.4) is 0 Å². The van der Waals surface area contributed by atoms with Crippen molar-refractivity contribution >= 4 is 29.2 Å². The monoisotopic (exact) mass is 351 g/mol. The fourth-order valence-electron chi connectivity index (χ4n) is 3.38. The lowest BCUT2D eigenvalue weighted by Crippen LogP contribution is -2.31. The van der Waals surface area contributed by atoms with Crippen LogP contribution in [0, 0.1) is 6.92 Å². The van der Waals surface area contributed by atoms with Gasteiger partial charge in [-0.05, 0) is 43.5 Å². The van der Waals surface area contributed by atoms with Crippen molar-refractivity contribution in [2.24, 2.45) is 0 Å². The summed E-state index contributed by atoms with van der Waals surface area (Å²) in [5.41, 5.74) is 4.43. The van der Waals surface area contributed by atoms with Gasteiger partial charge in [-0.2, -0.15) is 0 Å². The second-order valence-electron chi connectivity index (χ2n) is 6.68. The Kier molecular flexibility index (Phi) is 4.34. The van der Waals surface area contributed by atoms with E-state index in [0.29, 0.717) is 17.8 Å². The molecule has 1 fully saturated rings. The molecule has 1 aromatic heterocycles. The number of aromatic amines is 1. The largest absolute Gasteiger partial charge is 0.376 e. The lowest BCUT2D eigenvalue weighted by atomic mass is 10.1. The normalized spacial score (nSPS) is 20.3. The van der Waals surface area contributed by atoms with Gasteiger partial charge in [0.2, 0.25) is 0 Å². The summed E-state index contributed by atoms with van der Waals surface area (Å²) in [4.78, 5) is 27.7. The molecule has 3 N–H and O–H groups in total. The standard InChI is InChI=1S/C20H21N3O3/c1-12-9-18(20(25)21-11-13-5-4-8-26-13)22-17(12)10-15-14-6-2-3-7-16(14)23-19(15)24/h2-3,6-7,9-10,13,22H,4-5,8,11H2,1H3,(H,21,25)(H,23,24)/b15-10-. The molecule has 6 heteroatoms. The molecule has 0 spiro atoms. The second kappa shape index (κ2) is 6.80. The first-order chi connectivity index (χ1) is 12.6. The van der Waals surface area contributed by atoms with Gasteiger partial charge in [-0.25, -0.2) is 0 Å². The second-order valence-corrected chi connectivity index (χ2v) is 6.68. The predicted molar refractivity (Wildman–Crippen MR) is 99.8 cm³/mol. The number of carbonyl (C=O) groups is 2. The number of para-hydroxylation sites is 1. The number of aromatic nitrogens is 1. The first-order valence-corrected chi connectivity index (χ1v) is 8.83. The molecule has 0 saturated carbocycles. The van der Waals surface area contributed by atoms with Crippen LogP contribution in [0.5, 0.6) is 0 Å². The zero-order chi connectivity index (χ0) is 18.1. The Morgan fingerprint density at radius 3 is 3.04 bits per heavy atom. The van der Waals surface area contributed by atoms with Gasteiger partial charge in [0.05, 0.1) is 11.7 Å². The molecule has 4 rings (SSSR count). The van der Waals surface area contributed by atoms with Crippen LogP contribution in [0.15, 0.2) is 30.3 Å². The van der Waals surface area contributed by atoms with Gasteiger partial charge in [0, 0.05) is 30.1 Å². The Balaban J connectivity index is 1.53. The van der Waals surface area contributed by atoms with Gasteiger partial charge >= 0.3 is 0 Å². The van der Waals surface area contributed by atoms with E-state index in [1.54, 1.807) is 12.1 Å². The van der Waals surface area contributed by atoms with E-state index in [0.717, 1.165) is 42.0 Å². The molecule has 0 bridgehead atoms. The Morgan fingerprint density at radius 1 is 1.38 bits per heavy atom. The number of rotatable bonds is 4. The zero-order valence-corrected chi connectivity index (χ0v) is 14.6. The van der Waals surface area contributed by atoms with Gasteiger partial charge < -0.3 is 20.4 Å². The number of H-pyrrole nitrogens is 1. The average molecular weight is 351 g/mol. The molecular formula is C20H21N3O3. The van der Waals surface area contributed by atoms with E-state index < -0.39 is 0 Å². The van der Waals surface area contributed by atoms with Crippen LogP contribution in [0.2, 0.25) is 0 Å². The number of benzene rings is 1.